The summed E-state index contributed by atoms with van der Waals surface area (Å²) in [4.78, 5) is 0.0907. The zero-order valence-electron chi connectivity index (χ0n) is 7.47. The molecule has 0 fully saturated rings. The second-order valence-electron chi connectivity index (χ2n) is 2.85. The SMILES string of the molecule is N#CCCc1cccc(S(N)(=O)=O)c1. The highest BCUT2D eigenvalue weighted by molar-refractivity contribution is 7.89. The minimum atomic E-state index is -3.63. The molecule has 1 rings (SSSR count). The molecule has 74 valence electrons. The van der Waals surface area contributed by atoms with E-state index in [0.29, 0.717) is 12.8 Å². The van der Waals surface area contributed by atoms with E-state index in [9.17, 15) is 8.42 Å². The number of nitrogens with two attached hydrogens (primary N) is 1. The molecule has 0 saturated heterocycles. The molecule has 0 aliphatic carbocycles. The molecule has 1 aromatic carbocycles. The van der Waals surface area contributed by atoms with E-state index in [0.717, 1.165) is 5.56 Å². The van der Waals surface area contributed by atoms with Gasteiger partial charge in [-0.05, 0) is 24.1 Å². The number of nitrogens with zero attached hydrogens (tertiary/aromatic N) is 1. The normalized spacial score (nSPS) is 10.9. The molecule has 5 heteroatoms. The summed E-state index contributed by atoms with van der Waals surface area (Å²) in [5.74, 6) is 0. The van der Waals surface area contributed by atoms with E-state index >= 15 is 0 Å². The van der Waals surface area contributed by atoms with Gasteiger partial charge in [0.25, 0.3) is 0 Å². The number of rotatable bonds is 3. The molecule has 0 heterocycles. The fraction of sp³-hybridized carbons (Fsp3) is 0.222. The van der Waals surface area contributed by atoms with E-state index in [1.54, 1.807) is 12.1 Å². The fourth-order valence-corrected chi connectivity index (χ4v) is 1.66. The Hall–Kier alpha value is -1.38. The Kier molecular flexibility index (Phi) is 3.23. The monoisotopic (exact) mass is 210 g/mol. The van der Waals surface area contributed by atoms with Gasteiger partial charge >= 0.3 is 0 Å². The van der Waals surface area contributed by atoms with Gasteiger partial charge in [-0.15, -0.1) is 0 Å². The molecule has 0 bridgehead atoms. The van der Waals surface area contributed by atoms with Gasteiger partial charge in [-0.3, -0.25) is 0 Å². The minimum Gasteiger partial charge on any atom is -0.225 e. The number of nitriles is 1. The lowest BCUT2D eigenvalue weighted by Crippen LogP contribution is -2.12. The molecule has 2 N–H and O–H groups in total. The highest BCUT2D eigenvalue weighted by atomic mass is 32.2. The predicted octanol–water partition coefficient (Wildman–Crippen LogP) is 0.790. The van der Waals surface area contributed by atoms with Crippen LogP contribution in [-0.4, -0.2) is 8.42 Å². The molecule has 0 unspecified atom stereocenters. The maximum absolute atomic E-state index is 11.0. The van der Waals surface area contributed by atoms with E-state index in [1.165, 1.54) is 12.1 Å². The number of benzene rings is 1. The van der Waals surface area contributed by atoms with Crippen LogP contribution in [0, 0.1) is 11.3 Å². The van der Waals surface area contributed by atoms with Crippen molar-refractivity contribution in [2.45, 2.75) is 17.7 Å². The van der Waals surface area contributed by atoms with Gasteiger partial charge in [-0.1, -0.05) is 12.1 Å². The standard InChI is InChI=1S/C9H10N2O2S/c10-6-2-4-8-3-1-5-9(7-8)14(11,12)13/h1,3,5,7H,2,4H2,(H2,11,12,13). The van der Waals surface area contributed by atoms with Crippen LogP contribution >= 0.6 is 0 Å². The summed E-state index contributed by atoms with van der Waals surface area (Å²) in [6, 6.07) is 8.31. The van der Waals surface area contributed by atoms with Gasteiger partial charge < -0.3 is 0 Å². The maximum Gasteiger partial charge on any atom is 0.238 e. The first-order valence-electron chi connectivity index (χ1n) is 4.03. The average molecular weight is 210 g/mol. The molecule has 0 aliphatic heterocycles. The van der Waals surface area contributed by atoms with Crippen molar-refractivity contribution in [3.8, 4) is 6.07 Å². The van der Waals surface area contributed by atoms with Crippen LogP contribution in [0.1, 0.15) is 12.0 Å². The van der Waals surface area contributed by atoms with Crippen molar-refractivity contribution in [1.29, 1.82) is 5.26 Å². The Morgan fingerprint density at radius 3 is 2.71 bits per heavy atom. The van der Waals surface area contributed by atoms with Crippen LogP contribution in [0.4, 0.5) is 0 Å². The van der Waals surface area contributed by atoms with E-state index in [1.807, 2.05) is 6.07 Å². The molecule has 4 nitrogen and oxygen atoms in total. The van der Waals surface area contributed by atoms with Crippen molar-refractivity contribution in [1.82, 2.24) is 0 Å². The van der Waals surface area contributed by atoms with Gasteiger partial charge in [-0.25, -0.2) is 13.6 Å². The Balaban J connectivity index is 2.97. The van der Waals surface area contributed by atoms with E-state index < -0.39 is 10.0 Å². The molecule has 0 aliphatic rings. The Morgan fingerprint density at radius 1 is 1.43 bits per heavy atom. The summed E-state index contributed by atoms with van der Waals surface area (Å²) in [5.41, 5.74) is 0.804. The third kappa shape index (κ3) is 2.83. The first-order valence-corrected chi connectivity index (χ1v) is 5.57. The number of primary sulfonamides is 1. The summed E-state index contributed by atoms with van der Waals surface area (Å²) in [7, 11) is -3.63. The van der Waals surface area contributed by atoms with Crippen molar-refractivity contribution in [3.63, 3.8) is 0 Å². The second-order valence-corrected chi connectivity index (χ2v) is 4.41. The lowest BCUT2D eigenvalue weighted by atomic mass is 10.1. The van der Waals surface area contributed by atoms with Crippen LogP contribution in [0.2, 0.25) is 0 Å². The van der Waals surface area contributed by atoms with Crippen LogP contribution in [-0.2, 0) is 16.4 Å². The molecule has 0 amide bonds. The van der Waals surface area contributed by atoms with Gasteiger partial charge in [0.15, 0.2) is 0 Å². The van der Waals surface area contributed by atoms with E-state index in [-0.39, 0.29) is 4.90 Å². The van der Waals surface area contributed by atoms with Crippen LogP contribution < -0.4 is 5.14 Å². The molecular weight excluding hydrogens is 200 g/mol. The lowest BCUT2D eigenvalue weighted by molar-refractivity contribution is 0.597. The lowest BCUT2D eigenvalue weighted by Gasteiger charge is -2.00. The fourth-order valence-electron chi connectivity index (χ4n) is 1.08. The molecule has 0 aromatic heterocycles. The van der Waals surface area contributed by atoms with E-state index in [2.05, 4.69) is 0 Å². The maximum atomic E-state index is 11.0. The number of hydrogen-bond donors (Lipinski definition) is 1. The van der Waals surface area contributed by atoms with Crippen LogP contribution in [0.5, 0.6) is 0 Å². The first kappa shape index (κ1) is 10.7. The molecule has 0 atom stereocenters. The van der Waals surface area contributed by atoms with Gasteiger partial charge in [-0.2, -0.15) is 5.26 Å². The van der Waals surface area contributed by atoms with Crippen LogP contribution in [0.3, 0.4) is 0 Å². The van der Waals surface area contributed by atoms with Gasteiger partial charge in [0, 0.05) is 6.42 Å². The predicted molar refractivity (Wildman–Crippen MR) is 51.7 cm³/mol. The number of hydrogen-bond acceptors (Lipinski definition) is 3. The third-order valence-corrected chi connectivity index (χ3v) is 2.66. The third-order valence-electron chi connectivity index (χ3n) is 1.75. The Bertz CT molecular complexity index is 460. The highest BCUT2D eigenvalue weighted by Crippen LogP contribution is 2.10. The molecule has 14 heavy (non-hydrogen) atoms. The largest absolute Gasteiger partial charge is 0.238 e. The minimum absolute atomic E-state index is 0.0907. The van der Waals surface area contributed by atoms with E-state index in [4.69, 9.17) is 10.4 Å². The topological polar surface area (TPSA) is 83.9 Å². The zero-order valence-corrected chi connectivity index (χ0v) is 8.29. The van der Waals surface area contributed by atoms with Crippen LogP contribution in [0.15, 0.2) is 29.2 Å². The molecule has 0 spiro atoms. The number of aryl methyl sites for hydroxylation is 1. The van der Waals surface area contributed by atoms with Gasteiger partial charge in [0.2, 0.25) is 10.0 Å². The van der Waals surface area contributed by atoms with Crippen LogP contribution in [0.25, 0.3) is 0 Å². The van der Waals surface area contributed by atoms with Gasteiger partial charge in [0.1, 0.15) is 0 Å². The summed E-state index contributed by atoms with van der Waals surface area (Å²) in [6.45, 7) is 0. The van der Waals surface area contributed by atoms with Gasteiger partial charge in [0.05, 0.1) is 11.0 Å². The quantitative estimate of drug-likeness (QED) is 0.800. The Morgan fingerprint density at radius 2 is 2.14 bits per heavy atom. The number of sulfonamides is 1. The van der Waals surface area contributed by atoms with Crippen molar-refractivity contribution < 1.29 is 8.42 Å². The van der Waals surface area contributed by atoms with Crippen molar-refractivity contribution in [3.05, 3.63) is 29.8 Å². The molecule has 0 saturated carbocycles. The zero-order chi connectivity index (χ0) is 10.6. The Labute approximate surface area is 83.0 Å². The molecule has 0 radical (unpaired) electrons. The summed E-state index contributed by atoms with van der Waals surface area (Å²) in [6.07, 6.45) is 0.911. The first-order chi connectivity index (χ1) is 6.54. The average Bonchev–Trinajstić information content (AvgIpc) is 2.14. The summed E-state index contributed by atoms with van der Waals surface area (Å²) >= 11 is 0. The summed E-state index contributed by atoms with van der Waals surface area (Å²) in [5, 5.41) is 13.3. The second kappa shape index (κ2) is 4.22. The van der Waals surface area contributed by atoms with Crippen molar-refractivity contribution >= 4 is 10.0 Å². The highest BCUT2D eigenvalue weighted by Gasteiger charge is 2.07. The summed E-state index contributed by atoms with van der Waals surface area (Å²) < 4.78 is 21.9. The smallest absolute Gasteiger partial charge is 0.225 e. The molecule has 1 aromatic rings. The van der Waals surface area contributed by atoms with Crippen molar-refractivity contribution in [2.24, 2.45) is 5.14 Å². The van der Waals surface area contributed by atoms with Crippen molar-refractivity contribution in [2.75, 3.05) is 0 Å². The molecular formula is C9H10N2O2S.